The molecule has 0 bridgehead atoms. The SMILES string of the molecule is CCCCCCCCCCCCCCCCCOC(=O)C(NC(=O)c1ccc(F)cc1C(F)(F)F)C(C)C. The number of ether oxygens (including phenoxy) is 1. The Morgan fingerprint density at radius 2 is 1.29 bits per heavy atom. The fourth-order valence-electron chi connectivity index (χ4n) is 4.40. The van der Waals surface area contributed by atoms with Gasteiger partial charge in [0.1, 0.15) is 11.9 Å². The summed E-state index contributed by atoms with van der Waals surface area (Å²) in [6.45, 7) is 5.76. The molecule has 0 radical (unpaired) electrons. The van der Waals surface area contributed by atoms with Gasteiger partial charge in [0.2, 0.25) is 0 Å². The molecule has 0 aliphatic rings. The van der Waals surface area contributed by atoms with Crippen LogP contribution in [0.15, 0.2) is 18.2 Å². The summed E-state index contributed by atoms with van der Waals surface area (Å²) in [4.78, 5) is 25.0. The summed E-state index contributed by atoms with van der Waals surface area (Å²) in [6, 6.07) is 0.716. The maximum Gasteiger partial charge on any atom is 0.417 e. The molecule has 1 rings (SSSR count). The molecule has 0 aliphatic carbocycles. The van der Waals surface area contributed by atoms with Crippen LogP contribution in [0.2, 0.25) is 0 Å². The molecule has 0 heterocycles. The van der Waals surface area contributed by atoms with E-state index in [1.54, 1.807) is 13.8 Å². The molecule has 0 saturated carbocycles. The second kappa shape index (κ2) is 19.0. The van der Waals surface area contributed by atoms with E-state index >= 15 is 0 Å². The first kappa shape index (κ1) is 33.9. The predicted molar refractivity (Wildman–Crippen MR) is 143 cm³/mol. The van der Waals surface area contributed by atoms with E-state index in [-0.39, 0.29) is 12.7 Å². The van der Waals surface area contributed by atoms with Crippen molar-refractivity contribution >= 4 is 11.9 Å². The van der Waals surface area contributed by atoms with Gasteiger partial charge in [-0.1, -0.05) is 111 Å². The molecule has 0 aliphatic heterocycles. The third kappa shape index (κ3) is 14.1. The molecule has 1 aromatic carbocycles. The zero-order valence-electron chi connectivity index (χ0n) is 23.4. The van der Waals surface area contributed by atoms with Crippen LogP contribution >= 0.6 is 0 Å². The van der Waals surface area contributed by atoms with Gasteiger partial charge < -0.3 is 10.1 Å². The maximum absolute atomic E-state index is 13.3. The lowest BCUT2D eigenvalue weighted by atomic mass is 10.0. The molecular formula is C30H47F4NO3. The van der Waals surface area contributed by atoms with E-state index in [1.807, 2.05) is 0 Å². The molecule has 0 spiro atoms. The van der Waals surface area contributed by atoms with Crippen molar-refractivity contribution in [3.63, 3.8) is 0 Å². The number of carbonyl (C=O) groups excluding carboxylic acids is 2. The van der Waals surface area contributed by atoms with Gasteiger partial charge in [-0.2, -0.15) is 13.2 Å². The minimum atomic E-state index is -4.91. The van der Waals surface area contributed by atoms with E-state index in [0.717, 1.165) is 31.4 Å². The normalized spacial score (nSPS) is 12.5. The molecule has 1 N–H and O–H groups in total. The van der Waals surface area contributed by atoms with Crippen molar-refractivity contribution in [3.8, 4) is 0 Å². The second-order valence-corrected chi connectivity index (χ2v) is 10.5. The van der Waals surface area contributed by atoms with Gasteiger partial charge in [0.15, 0.2) is 0 Å². The van der Waals surface area contributed by atoms with E-state index < -0.39 is 47.0 Å². The Labute approximate surface area is 226 Å². The van der Waals surface area contributed by atoms with Crippen LogP contribution in [0.1, 0.15) is 133 Å². The summed E-state index contributed by atoms with van der Waals surface area (Å²) >= 11 is 0. The van der Waals surface area contributed by atoms with Crippen molar-refractivity contribution in [2.24, 2.45) is 5.92 Å². The summed E-state index contributed by atoms with van der Waals surface area (Å²) in [5.74, 6) is -3.28. The van der Waals surface area contributed by atoms with Gasteiger partial charge >= 0.3 is 12.1 Å². The predicted octanol–water partition coefficient (Wildman–Crippen LogP) is 9.01. The van der Waals surface area contributed by atoms with E-state index in [9.17, 15) is 27.2 Å². The van der Waals surface area contributed by atoms with Crippen molar-refractivity contribution in [2.75, 3.05) is 6.61 Å². The summed E-state index contributed by atoms with van der Waals surface area (Å²) in [5.41, 5.74) is -2.12. The van der Waals surface area contributed by atoms with Crippen LogP contribution in [0.5, 0.6) is 0 Å². The van der Waals surface area contributed by atoms with Crippen LogP contribution in [0, 0.1) is 11.7 Å². The lowest BCUT2D eigenvalue weighted by Crippen LogP contribution is -2.45. The lowest BCUT2D eigenvalue weighted by Gasteiger charge is -2.22. The monoisotopic (exact) mass is 545 g/mol. The molecule has 0 fully saturated rings. The Bertz CT molecular complexity index is 811. The van der Waals surface area contributed by atoms with Gasteiger partial charge in [-0.05, 0) is 30.5 Å². The molecular weight excluding hydrogens is 498 g/mol. The first-order chi connectivity index (χ1) is 18.1. The number of unbranched alkanes of at least 4 members (excludes halogenated alkanes) is 14. The number of carbonyl (C=O) groups is 2. The average molecular weight is 546 g/mol. The molecule has 1 amide bonds. The number of rotatable bonds is 20. The number of hydrogen-bond acceptors (Lipinski definition) is 3. The molecule has 4 nitrogen and oxygen atoms in total. The van der Waals surface area contributed by atoms with Gasteiger partial charge in [-0.25, -0.2) is 9.18 Å². The third-order valence-corrected chi connectivity index (χ3v) is 6.73. The van der Waals surface area contributed by atoms with Crippen molar-refractivity contribution in [1.82, 2.24) is 5.32 Å². The van der Waals surface area contributed by atoms with E-state index in [0.29, 0.717) is 6.42 Å². The zero-order chi connectivity index (χ0) is 28.4. The topological polar surface area (TPSA) is 55.4 Å². The smallest absolute Gasteiger partial charge is 0.417 e. The Hall–Kier alpha value is -2.12. The largest absolute Gasteiger partial charge is 0.464 e. The number of hydrogen-bond donors (Lipinski definition) is 1. The molecule has 0 saturated heterocycles. The van der Waals surface area contributed by atoms with Crippen LogP contribution in [0.25, 0.3) is 0 Å². The molecule has 1 aromatic rings. The number of halogens is 4. The zero-order valence-corrected chi connectivity index (χ0v) is 23.4. The summed E-state index contributed by atoms with van der Waals surface area (Å²) in [7, 11) is 0. The number of esters is 1. The molecule has 38 heavy (non-hydrogen) atoms. The van der Waals surface area contributed by atoms with Crippen molar-refractivity contribution in [3.05, 3.63) is 35.1 Å². The summed E-state index contributed by atoms with van der Waals surface area (Å²) < 4.78 is 58.4. The van der Waals surface area contributed by atoms with E-state index in [2.05, 4.69) is 12.2 Å². The highest BCUT2D eigenvalue weighted by Gasteiger charge is 2.37. The molecule has 1 unspecified atom stereocenters. The van der Waals surface area contributed by atoms with Crippen LogP contribution in [-0.4, -0.2) is 24.5 Å². The van der Waals surface area contributed by atoms with Crippen molar-refractivity contribution in [2.45, 2.75) is 129 Å². The Morgan fingerprint density at radius 3 is 1.74 bits per heavy atom. The maximum atomic E-state index is 13.3. The molecule has 1 atom stereocenters. The van der Waals surface area contributed by atoms with E-state index in [4.69, 9.17) is 4.74 Å². The second-order valence-electron chi connectivity index (χ2n) is 10.5. The number of amides is 1. The number of nitrogens with one attached hydrogen (secondary N) is 1. The highest BCUT2D eigenvalue weighted by atomic mass is 19.4. The van der Waals surface area contributed by atoms with Gasteiger partial charge in [0, 0.05) is 0 Å². The van der Waals surface area contributed by atoms with E-state index in [1.165, 1.54) is 70.6 Å². The minimum absolute atomic E-state index is 0.195. The van der Waals surface area contributed by atoms with Crippen LogP contribution in [-0.2, 0) is 15.7 Å². The number of benzene rings is 1. The number of alkyl halides is 3. The van der Waals surface area contributed by atoms with Gasteiger partial charge in [0.25, 0.3) is 5.91 Å². The first-order valence-electron chi connectivity index (χ1n) is 14.4. The van der Waals surface area contributed by atoms with Gasteiger partial charge in [-0.3, -0.25) is 4.79 Å². The average Bonchev–Trinajstić information content (AvgIpc) is 2.86. The highest BCUT2D eigenvalue weighted by molar-refractivity contribution is 5.98. The summed E-state index contributed by atoms with van der Waals surface area (Å²) in [5, 5.41) is 2.33. The fraction of sp³-hybridized carbons (Fsp3) is 0.733. The minimum Gasteiger partial charge on any atom is -0.464 e. The van der Waals surface area contributed by atoms with Crippen LogP contribution in [0.4, 0.5) is 17.6 Å². The Kier molecular flexibility index (Phi) is 17.0. The lowest BCUT2D eigenvalue weighted by molar-refractivity contribution is -0.147. The fourth-order valence-corrected chi connectivity index (χ4v) is 4.40. The Morgan fingerprint density at radius 1 is 0.816 bits per heavy atom. The quantitative estimate of drug-likeness (QED) is 0.101. The first-order valence-corrected chi connectivity index (χ1v) is 14.4. The molecule has 218 valence electrons. The van der Waals surface area contributed by atoms with Gasteiger partial charge in [-0.15, -0.1) is 0 Å². The summed E-state index contributed by atoms with van der Waals surface area (Å²) in [6.07, 6.45) is 13.4. The third-order valence-electron chi connectivity index (χ3n) is 6.73. The van der Waals surface area contributed by atoms with Crippen LogP contribution in [0.3, 0.4) is 0 Å². The highest BCUT2D eigenvalue weighted by Crippen LogP contribution is 2.32. The molecule has 8 heteroatoms. The Balaban J connectivity index is 2.25. The molecule has 0 aromatic heterocycles. The van der Waals surface area contributed by atoms with Crippen molar-refractivity contribution < 1.29 is 31.9 Å². The van der Waals surface area contributed by atoms with Crippen molar-refractivity contribution in [1.29, 1.82) is 0 Å². The standard InChI is InChI=1S/C30H47F4NO3/c1-4-5-6-7-8-9-10-11-12-13-14-15-16-17-18-21-38-29(37)27(23(2)3)35-28(36)25-20-19-24(31)22-26(25)30(32,33)34/h19-20,22-23,27H,4-18,21H2,1-3H3,(H,35,36). The van der Waals surface area contributed by atoms with Gasteiger partial charge in [0.05, 0.1) is 17.7 Å². The van der Waals surface area contributed by atoms with Crippen LogP contribution < -0.4 is 5.32 Å².